The highest BCUT2D eigenvalue weighted by molar-refractivity contribution is 7.99. The van der Waals surface area contributed by atoms with Gasteiger partial charge in [0.25, 0.3) is 0 Å². The number of hydrogen-bond acceptors (Lipinski definition) is 4. The van der Waals surface area contributed by atoms with Gasteiger partial charge in [0.1, 0.15) is 12.4 Å². The minimum Gasteiger partial charge on any atom is -0.447 e. The number of benzene rings is 1. The Morgan fingerprint density at radius 3 is 2.90 bits per heavy atom. The molecular formula is C15H16FNO3S. The van der Waals surface area contributed by atoms with E-state index in [0.717, 1.165) is 23.5 Å². The highest BCUT2D eigenvalue weighted by Crippen LogP contribution is 2.30. The first-order valence-electron chi connectivity index (χ1n) is 6.85. The van der Waals surface area contributed by atoms with Gasteiger partial charge in [-0.25, -0.2) is 9.18 Å². The third-order valence-corrected chi connectivity index (χ3v) is 4.58. The molecule has 0 radical (unpaired) electrons. The van der Waals surface area contributed by atoms with Crippen LogP contribution >= 0.6 is 11.8 Å². The molecule has 1 saturated heterocycles. The van der Waals surface area contributed by atoms with Crippen molar-refractivity contribution >= 4 is 23.4 Å². The molecular weight excluding hydrogens is 293 g/mol. The lowest BCUT2D eigenvalue weighted by Crippen LogP contribution is -2.29. The summed E-state index contributed by atoms with van der Waals surface area (Å²) in [6.45, 7) is 0.562. The molecule has 6 heteroatoms. The SMILES string of the molecule is O=C1OCCN1[C@H](O)c1ccc(C2=CCSCC2)c(F)c1. The van der Waals surface area contributed by atoms with Crippen LogP contribution < -0.4 is 0 Å². The van der Waals surface area contributed by atoms with Gasteiger partial charge in [-0.3, -0.25) is 4.90 Å². The zero-order valence-electron chi connectivity index (χ0n) is 11.4. The number of aliphatic hydroxyl groups is 1. The predicted molar refractivity (Wildman–Crippen MR) is 79.3 cm³/mol. The summed E-state index contributed by atoms with van der Waals surface area (Å²) in [6, 6.07) is 4.64. The van der Waals surface area contributed by atoms with Gasteiger partial charge >= 0.3 is 6.09 Å². The zero-order valence-corrected chi connectivity index (χ0v) is 12.2. The smallest absolute Gasteiger partial charge is 0.412 e. The lowest BCUT2D eigenvalue weighted by atomic mass is 10.00. The number of nitrogens with zero attached hydrogens (tertiary/aromatic N) is 1. The van der Waals surface area contributed by atoms with Crippen molar-refractivity contribution < 1.29 is 19.0 Å². The number of hydrogen-bond donors (Lipinski definition) is 1. The van der Waals surface area contributed by atoms with Crippen molar-refractivity contribution in [2.24, 2.45) is 0 Å². The minimum atomic E-state index is -1.17. The van der Waals surface area contributed by atoms with Crippen molar-refractivity contribution in [3.05, 3.63) is 41.2 Å². The van der Waals surface area contributed by atoms with Crippen molar-refractivity contribution in [3.8, 4) is 0 Å². The number of thioether (sulfide) groups is 1. The molecule has 1 N–H and O–H groups in total. The van der Waals surface area contributed by atoms with Crippen LogP contribution in [0.5, 0.6) is 0 Å². The van der Waals surface area contributed by atoms with Crippen molar-refractivity contribution in [1.82, 2.24) is 4.90 Å². The Morgan fingerprint density at radius 2 is 2.29 bits per heavy atom. The maximum Gasteiger partial charge on any atom is 0.412 e. The average molecular weight is 309 g/mol. The second kappa shape index (κ2) is 6.07. The van der Waals surface area contributed by atoms with Crippen molar-refractivity contribution in [2.75, 3.05) is 24.7 Å². The fourth-order valence-corrected chi connectivity index (χ4v) is 3.38. The number of allylic oxidation sites excluding steroid dienone is 1. The first-order valence-corrected chi connectivity index (χ1v) is 8.00. The van der Waals surface area contributed by atoms with E-state index in [2.05, 4.69) is 0 Å². The molecule has 0 saturated carbocycles. The van der Waals surface area contributed by atoms with Crippen LogP contribution in [0.25, 0.3) is 5.57 Å². The van der Waals surface area contributed by atoms with Crippen LogP contribution in [0.15, 0.2) is 24.3 Å². The fraction of sp³-hybridized carbons (Fsp3) is 0.400. The van der Waals surface area contributed by atoms with Gasteiger partial charge in [0, 0.05) is 16.9 Å². The van der Waals surface area contributed by atoms with Crippen molar-refractivity contribution in [2.45, 2.75) is 12.6 Å². The predicted octanol–water partition coefficient (Wildman–Crippen LogP) is 2.79. The van der Waals surface area contributed by atoms with E-state index in [-0.39, 0.29) is 12.4 Å². The molecule has 0 aliphatic carbocycles. The van der Waals surface area contributed by atoms with Crippen LogP contribution in [-0.2, 0) is 4.74 Å². The van der Waals surface area contributed by atoms with Crippen molar-refractivity contribution in [1.29, 1.82) is 0 Å². The summed E-state index contributed by atoms with van der Waals surface area (Å²) >= 11 is 1.83. The molecule has 1 aromatic rings. The van der Waals surface area contributed by atoms with Gasteiger partial charge in [-0.2, -0.15) is 11.8 Å². The Balaban J connectivity index is 1.83. The number of cyclic esters (lactones) is 1. The summed E-state index contributed by atoms with van der Waals surface area (Å²) in [5.41, 5.74) is 1.95. The van der Waals surface area contributed by atoms with Gasteiger partial charge in [0.15, 0.2) is 6.23 Å². The van der Waals surface area contributed by atoms with Crippen LogP contribution in [-0.4, -0.2) is 40.8 Å². The molecule has 4 nitrogen and oxygen atoms in total. The van der Waals surface area contributed by atoms with E-state index in [0.29, 0.717) is 17.7 Å². The molecule has 0 unspecified atom stereocenters. The van der Waals surface area contributed by atoms with Crippen LogP contribution in [0.1, 0.15) is 23.8 Å². The van der Waals surface area contributed by atoms with E-state index >= 15 is 0 Å². The molecule has 21 heavy (non-hydrogen) atoms. The van der Waals surface area contributed by atoms with E-state index < -0.39 is 12.3 Å². The molecule has 3 rings (SSSR count). The molecule has 1 amide bonds. The molecule has 0 aromatic heterocycles. The number of carbonyl (C=O) groups is 1. The van der Waals surface area contributed by atoms with Crippen LogP contribution in [0.4, 0.5) is 9.18 Å². The Bertz CT molecular complexity index is 590. The number of rotatable bonds is 3. The van der Waals surface area contributed by atoms with Crippen LogP contribution in [0, 0.1) is 5.82 Å². The van der Waals surface area contributed by atoms with Gasteiger partial charge in [-0.15, -0.1) is 0 Å². The molecule has 1 fully saturated rings. The van der Waals surface area contributed by atoms with Gasteiger partial charge in [-0.05, 0) is 23.8 Å². The fourth-order valence-electron chi connectivity index (χ4n) is 2.53. The summed E-state index contributed by atoms with van der Waals surface area (Å²) in [4.78, 5) is 12.6. The molecule has 2 aliphatic heterocycles. The number of ether oxygens (including phenoxy) is 1. The maximum atomic E-state index is 14.3. The largest absolute Gasteiger partial charge is 0.447 e. The number of halogens is 1. The van der Waals surface area contributed by atoms with E-state index in [1.54, 1.807) is 12.1 Å². The van der Waals surface area contributed by atoms with E-state index in [4.69, 9.17) is 4.74 Å². The van der Waals surface area contributed by atoms with Gasteiger partial charge in [-0.1, -0.05) is 18.2 Å². The highest BCUT2D eigenvalue weighted by Gasteiger charge is 2.29. The van der Waals surface area contributed by atoms with E-state index in [1.165, 1.54) is 11.0 Å². The molecule has 2 aliphatic rings. The number of aliphatic hydroxyl groups excluding tert-OH is 1. The molecule has 112 valence electrons. The zero-order chi connectivity index (χ0) is 14.8. The molecule has 0 bridgehead atoms. The lowest BCUT2D eigenvalue weighted by molar-refractivity contribution is 0.0362. The summed E-state index contributed by atoms with van der Waals surface area (Å²) in [7, 11) is 0. The first kappa shape index (κ1) is 14.4. The van der Waals surface area contributed by atoms with Gasteiger partial charge in [0.2, 0.25) is 0 Å². The molecule has 1 atom stereocenters. The Kier molecular flexibility index (Phi) is 4.17. The second-order valence-electron chi connectivity index (χ2n) is 4.97. The second-order valence-corrected chi connectivity index (χ2v) is 6.12. The third-order valence-electron chi connectivity index (χ3n) is 3.69. The summed E-state index contributed by atoms with van der Waals surface area (Å²) in [5, 5.41) is 10.2. The first-order chi connectivity index (χ1) is 10.2. The van der Waals surface area contributed by atoms with Crippen LogP contribution in [0.3, 0.4) is 0 Å². The Hall–Kier alpha value is -1.53. The van der Waals surface area contributed by atoms with E-state index in [1.807, 2.05) is 17.8 Å². The summed E-state index contributed by atoms with van der Waals surface area (Å²) < 4.78 is 19.1. The minimum absolute atomic E-state index is 0.251. The third kappa shape index (κ3) is 2.91. The lowest BCUT2D eigenvalue weighted by Gasteiger charge is -2.21. The number of amides is 1. The normalized spacial score (nSPS) is 20.2. The standard InChI is InChI=1S/C15H16FNO3S/c16-13-9-11(14(18)17-5-6-20-15(17)19)1-2-12(13)10-3-7-21-8-4-10/h1-3,9,14,18H,4-8H2/t14-/m1/s1. The summed E-state index contributed by atoms with van der Waals surface area (Å²) in [5.74, 6) is 1.53. The molecule has 0 spiro atoms. The molecule has 2 heterocycles. The monoisotopic (exact) mass is 309 g/mol. The topological polar surface area (TPSA) is 49.8 Å². The average Bonchev–Trinajstić information content (AvgIpc) is 2.93. The summed E-state index contributed by atoms with van der Waals surface area (Å²) in [6.07, 6.45) is 1.15. The van der Waals surface area contributed by atoms with Gasteiger partial charge in [0.05, 0.1) is 6.54 Å². The van der Waals surface area contributed by atoms with Crippen LogP contribution in [0.2, 0.25) is 0 Å². The van der Waals surface area contributed by atoms with Gasteiger partial charge < -0.3 is 9.84 Å². The highest BCUT2D eigenvalue weighted by atomic mass is 32.2. The molecule has 1 aromatic carbocycles. The van der Waals surface area contributed by atoms with E-state index in [9.17, 15) is 14.3 Å². The quantitative estimate of drug-likeness (QED) is 0.933. The van der Waals surface area contributed by atoms with Crippen molar-refractivity contribution in [3.63, 3.8) is 0 Å². The number of carbonyl (C=O) groups excluding carboxylic acids is 1. The Morgan fingerprint density at radius 1 is 1.43 bits per heavy atom. The Labute approximate surface area is 126 Å². The maximum absolute atomic E-state index is 14.3.